The van der Waals surface area contributed by atoms with E-state index in [1.807, 2.05) is 18.2 Å². The Morgan fingerprint density at radius 2 is 2.16 bits per heavy atom. The van der Waals surface area contributed by atoms with Crippen LogP contribution in [-0.2, 0) is 0 Å². The van der Waals surface area contributed by atoms with E-state index in [9.17, 15) is 9.90 Å². The molecule has 3 rings (SSSR count). The van der Waals surface area contributed by atoms with Crippen molar-refractivity contribution in [2.45, 2.75) is 6.92 Å². The Morgan fingerprint density at radius 3 is 2.95 bits per heavy atom. The Kier molecular flexibility index (Phi) is 2.53. The van der Waals surface area contributed by atoms with Crippen LogP contribution in [-0.4, -0.2) is 14.7 Å². The Hall–Kier alpha value is -2.34. The molecule has 0 amide bonds. The number of hydrogen-bond acceptors (Lipinski definition) is 5. The molecule has 96 valence electrons. The summed E-state index contributed by atoms with van der Waals surface area (Å²) >= 11 is 1.40. The number of aromatic nitrogens is 2. The number of hydrogen-bond donors (Lipinski definition) is 2. The second-order valence-electron chi connectivity index (χ2n) is 4.19. The average Bonchev–Trinajstić information content (AvgIpc) is 2.75. The fraction of sp³-hybridized carbons (Fsp3) is 0.0769. The van der Waals surface area contributed by atoms with Crippen molar-refractivity contribution in [2.75, 3.05) is 5.73 Å². The van der Waals surface area contributed by atoms with Gasteiger partial charge in [0.15, 0.2) is 10.9 Å². The van der Waals surface area contributed by atoms with Gasteiger partial charge in [-0.05, 0) is 25.1 Å². The lowest BCUT2D eigenvalue weighted by Gasteiger charge is -2.11. The summed E-state index contributed by atoms with van der Waals surface area (Å²) in [6.07, 6.45) is 1.64. The average molecular weight is 273 g/mol. The van der Waals surface area contributed by atoms with Crippen LogP contribution in [0, 0.1) is 6.92 Å². The molecule has 0 atom stereocenters. The molecule has 0 spiro atoms. The Labute approximate surface area is 112 Å². The normalized spacial score (nSPS) is 11.0. The highest BCUT2D eigenvalue weighted by atomic mass is 32.1. The molecule has 0 aliphatic carbocycles. The molecular weight excluding hydrogens is 262 g/mol. The number of thiazole rings is 1. The number of aromatic hydroxyl groups is 1. The van der Waals surface area contributed by atoms with Gasteiger partial charge in [-0.25, -0.2) is 4.98 Å². The summed E-state index contributed by atoms with van der Waals surface area (Å²) in [4.78, 5) is 15.5. The predicted octanol–water partition coefficient (Wildman–Crippen LogP) is 2.04. The third kappa shape index (κ3) is 1.86. The molecule has 0 radical (unpaired) electrons. The lowest BCUT2D eigenvalue weighted by Crippen LogP contribution is -2.08. The first-order chi connectivity index (χ1) is 9.06. The van der Waals surface area contributed by atoms with E-state index in [1.165, 1.54) is 17.4 Å². The predicted molar refractivity (Wildman–Crippen MR) is 76.0 cm³/mol. The molecule has 0 aliphatic heterocycles. The number of pyridine rings is 1. The summed E-state index contributed by atoms with van der Waals surface area (Å²) in [5.74, 6) is -0.230. The van der Waals surface area contributed by atoms with Gasteiger partial charge in [0.05, 0.1) is 15.9 Å². The first-order valence-electron chi connectivity index (χ1n) is 5.64. The number of nitrogens with zero attached hydrogens (tertiary/aromatic N) is 2. The van der Waals surface area contributed by atoms with Gasteiger partial charge in [-0.15, -0.1) is 0 Å². The van der Waals surface area contributed by atoms with Crippen LogP contribution in [0.1, 0.15) is 5.69 Å². The van der Waals surface area contributed by atoms with Gasteiger partial charge in [0.25, 0.3) is 0 Å². The quantitative estimate of drug-likeness (QED) is 0.711. The molecule has 0 saturated heterocycles. The van der Waals surface area contributed by atoms with Crippen LogP contribution in [0.15, 0.2) is 35.3 Å². The van der Waals surface area contributed by atoms with E-state index < -0.39 is 0 Å². The molecule has 0 bridgehead atoms. The molecular formula is C13H11N3O2S. The van der Waals surface area contributed by atoms with Crippen LogP contribution >= 0.6 is 11.3 Å². The van der Waals surface area contributed by atoms with Crippen molar-refractivity contribution in [3.63, 3.8) is 0 Å². The topological polar surface area (TPSA) is 81.1 Å². The van der Waals surface area contributed by atoms with Gasteiger partial charge < -0.3 is 15.4 Å². The van der Waals surface area contributed by atoms with Crippen LogP contribution in [0.5, 0.6) is 5.75 Å². The molecule has 2 aromatic heterocycles. The molecule has 3 aromatic rings. The summed E-state index contributed by atoms with van der Waals surface area (Å²) in [5.41, 5.74) is 7.49. The molecule has 1 aromatic carbocycles. The van der Waals surface area contributed by atoms with E-state index in [0.29, 0.717) is 10.8 Å². The van der Waals surface area contributed by atoms with Crippen LogP contribution in [0.25, 0.3) is 15.9 Å². The van der Waals surface area contributed by atoms with E-state index in [0.717, 1.165) is 15.9 Å². The summed E-state index contributed by atoms with van der Waals surface area (Å²) in [6, 6.07) is 7.01. The maximum Gasteiger partial charge on any atom is 0.223 e. The van der Waals surface area contributed by atoms with Crippen LogP contribution in [0.2, 0.25) is 0 Å². The zero-order chi connectivity index (χ0) is 13.6. The van der Waals surface area contributed by atoms with E-state index >= 15 is 0 Å². The third-order valence-electron chi connectivity index (χ3n) is 2.98. The van der Waals surface area contributed by atoms with Crippen LogP contribution in [0.3, 0.4) is 0 Å². The number of nitrogen functional groups attached to an aromatic ring is 1. The molecule has 0 fully saturated rings. The standard InChI is InChI=1S/C13H11N3O2S/c1-7-12(18)10(17)4-5-16(7)8-2-3-9-11(6-8)19-13(14)15-9/h2-6,18H,1H3,(H2,14,15). The lowest BCUT2D eigenvalue weighted by atomic mass is 10.2. The maximum absolute atomic E-state index is 11.4. The lowest BCUT2D eigenvalue weighted by molar-refractivity contribution is 0.459. The van der Waals surface area contributed by atoms with Crippen molar-refractivity contribution in [3.05, 3.63) is 46.4 Å². The van der Waals surface area contributed by atoms with Gasteiger partial charge in [0.1, 0.15) is 0 Å². The number of fused-ring (bicyclic) bond motifs is 1. The van der Waals surface area contributed by atoms with Gasteiger partial charge in [0, 0.05) is 18.0 Å². The van der Waals surface area contributed by atoms with Crippen LogP contribution in [0.4, 0.5) is 5.13 Å². The number of nitrogens with two attached hydrogens (primary N) is 1. The van der Waals surface area contributed by atoms with E-state index in [2.05, 4.69) is 4.98 Å². The molecule has 5 nitrogen and oxygen atoms in total. The molecule has 19 heavy (non-hydrogen) atoms. The second-order valence-corrected chi connectivity index (χ2v) is 5.25. The second kappa shape index (κ2) is 4.10. The molecule has 3 N–H and O–H groups in total. The molecule has 0 unspecified atom stereocenters. The number of anilines is 1. The molecule has 0 aliphatic rings. The third-order valence-corrected chi connectivity index (χ3v) is 3.83. The monoisotopic (exact) mass is 273 g/mol. The molecule has 0 saturated carbocycles. The summed E-state index contributed by atoms with van der Waals surface area (Å²) in [5, 5.41) is 10.2. The highest BCUT2D eigenvalue weighted by Crippen LogP contribution is 2.26. The molecule has 2 heterocycles. The van der Waals surface area contributed by atoms with Crippen molar-refractivity contribution >= 4 is 26.7 Å². The van der Waals surface area contributed by atoms with Gasteiger partial charge in [-0.2, -0.15) is 0 Å². The van der Waals surface area contributed by atoms with Crippen molar-refractivity contribution in [1.29, 1.82) is 0 Å². The van der Waals surface area contributed by atoms with Gasteiger partial charge in [-0.1, -0.05) is 11.3 Å². The highest BCUT2D eigenvalue weighted by molar-refractivity contribution is 7.22. The maximum atomic E-state index is 11.4. The summed E-state index contributed by atoms with van der Waals surface area (Å²) in [7, 11) is 0. The highest BCUT2D eigenvalue weighted by Gasteiger charge is 2.08. The fourth-order valence-electron chi connectivity index (χ4n) is 1.99. The van der Waals surface area contributed by atoms with E-state index in [-0.39, 0.29) is 11.2 Å². The Balaban J connectivity index is 2.24. The first kappa shape index (κ1) is 11.7. The summed E-state index contributed by atoms with van der Waals surface area (Å²) < 4.78 is 2.72. The van der Waals surface area contributed by atoms with Crippen molar-refractivity contribution in [2.24, 2.45) is 0 Å². The minimum atomic E-state index is -0.378. The zero-order valence-corrected chi connectivity index (χ0v) is 10.9. The SMILES string of the molecule is Cc1c(O)c(=O)ccn1-c1ccc2nc(N)sc2c1. The summed E-state index contributed by atoms with van der Waals surface area (Å²) in [6.45, 7) is 1.70. The number of rotatable bonds is 1. The van der Waals surface area contributed by atoms with E-state index in [1.54, 1.807) is 17.7 Å². The van der Waals surface area contributed by atoms with Gasteiger partial charge >= 0.3 is 0 Å². The fourth-order valence-corrected chi connectivity index (χ4v) is 2.75. The Morgan fingerprint density at radius 1 is 1.37 bits per heavy atom. The minimum Gasteiger partial charge on any atom is -0.503 e. The van der Waals surface area contributed by atoms with E-state index in [4.69, 9.17) is 5.73 Å². The first-order valence-corrected chi connectivity index (χ1v) is 6.45. The smallest absolute Gasteiger partial charge is 0.223 e. The van der Waals surface area contributed by atoms with Gasteiger partial charge in [-0.3, -0.25) is 4.79 Å². The zero-order valence-electron chi connectivity index (χ0n) is 10.1. The van der Waals surface area contributed by atoms with Gasteiger partial charge in [0.2, 0.25) is 5.43 Å². The van der Waals surface area contributed by atoms with Crippen molar-refractivity contribution < 1.29 is 5.11 Å². The molecule has 6 heteroatoms. The van der Waals surface area contributed by atoms with Crippen molar-refractivity contribution in [3.8, 4) is 11.4 Å². The Bertz CT molecular complexity index is 836. The van der Waals surface area contributed by atoms with Crippen LogP contribution < -0.4 is 11.2 Å². The largest absolute Gasteiger partial charge is 0.503 e. The minimum absolute atomic E-state index is 0.230. The number of benzene rings is 1. The van der Waals surface area contributed by atoms with Crippen molar-refractivity contribution in [1.82, 2.24) is 9.55 Å².